The van der Waals surface area contributed by atoms with Gasteiger partial charge in [-0.1, -0.05) is 30.3 Å². The molecule has 4 heteroatoms. The second-order valence-electron chi connectivity index (χ2n) is 4.87. The van der Waals surface area contributed by atoms with Crippen molar-refractivity contribution in [3.05, 3.63) is 65.7 Å². The van der Waals surface area contributed by atoms with Crippen LogP contribution in [0.15, 0.2) is 54.6 Å². The third-order valence-electron chi connectivity index (χ3n) is 3.09. The Morgan fingerprint density at radius 2 is 1.71 bits per heavy atom. The fourth-order valence-corrected chi connectivity index (χ4v) is 2.04. The first-order chi connectivity index (χ1) is 10.1. The minimum Gasteiger partial charge on any atom is -0.346 e. The Hall–Kier alpha value is -2.62. The van der Waals surface area contributed by atoms with Crippen molar-refractivity contribution in [3.63, 3.8) is 0 Å². The Bertz CT molecular complexity index is 638. The maximum atomic E-state index is 12.1. The molecule has 2 rings (SSSR count). The molecule has 1 atom stereocenters. The van der Waals surface area contributed by atoms with Crippen LogP contribution in [0.4, 0.5) is 5.69 Å². The molecule has 2 aromatic carbocycles. The summed E-state index contributed by atoms with van der Waals surface area (Å²) in [5.74, 6) is -0.235. The average molecular weight is 282 g/mol. The van der Waals surface area contributed by atoms with Crippen molar-refractivity contribution >= 4 is 17.5 Å². The number of anilines is 1. The lowest BCUT2D eigenvalue weighted by Gasteiger charge is -2.15. The van der Waals surface area contributed by atoms with Gasteiger partial charge >= 0.3 is 0 Å². The Kier molecular flexibility index (Phi) is 4.72. The number of carbonyl (C=O) groups excluding carboxylic acids is 2. The lowest BCUT2D eigenvalue weighted by molar-refractivity contribution is -0.114. The van der Waals surface area contributed by atoms with Crippen LogP contribution in [0.2, 0.25) is 0 Å². The van der Waals surface area contributed by atoms with E-state index in [1.54, 1.807) is 12.1 Å². The smallest absolute Gasteiger partial charge is 0.251 e. The molecule has 108 valence electrons. The lowest BCUT2D eigenvalue weighted by atomic mass is 10.1. The van der Waals surface area contributed by atoms with E-state index >= 15 is 0 Å². The summed E-state index contributed by atoms with van der Waals surface area (Å²) in [6.45, 7) is 3.38. The van der Waals surface area contributed by atoms with E-state index in [-0.39, 0.29) is 17.9 Å². The minimum absolute atomic E-state index is 0.117. The molecular formula is C17H18N2O2. The first kappa shape index (κ1) is 14.8. The predicted molar refractivity (Wildman–Crippen MR) is 83.1 cm³/mol. The van der Waals surface area contributed by atoms with Crippen LogP contribution in [0.25, 0.3) is 0 Å². The van der Waals surface area contributed by atoms with Crippen molar-refractivity contribution in [2.24, 2.45) is 0 Å². The van der Waals surface area contributed by atoms with E-state index in [2.05, 4.69) is 10.6 Å². The average Bonchev–Trinajstić information content (AvgIpc) is 2.47. The van der Waals surface area contributed by atoms with Crippen LogP contribution >= 0.6 is 0 Å². The van der Waals surface area contributed by atoms with Crippen LogP contribution in [0, 0.1) is 0 Å². The van der Waals surface area contributed by atoms with E-state index in [0.717, 1.165) is 11.3 Å². The topological polar surface area (TPSA) is 58.2 Å². The zero-order valence-electron chi connectivity index (χ0n) is 12.1. The summed E-state index contributed by atoms with van der Waals surface area (Å²) in [7, 11) is 0. The standard InChI is InChI=1S/C17H18N2O2/c1-12(18-17(21)14-7-4-3-5-8-14)15-9-6-10-16(11-15)19-13(2)20/h3-12H,1-2H3,(H,18,21)(H,19,20). The SMILES string of the molecule is CC(=O)Nc1cccc(C(C)NC(=O)c2ccccc2)c1. The monoisotopic (exact) mass is 282 g/mol. The first-order valence-corrected chi connectivity index (χ1v) is 6.79. The Morgan fingerprint density at radius 1 is 1.00 bits per heavy atom. The van der Waals surface area contributed by atoms with Gasteiger partial charge in [-0.15, -0.1) is 0 Å². The van der Waals surface area contributed by atoms with Gasteiger partial charge in [-0.2, -0.15) is 0 Å². The molecule has 0 heterocycles. The molecule has 4 nitrogen and oxygen atoms in total. The summed E-state index contributed by atoms with van der Waals surface area (Å²) in [6, 6.07) is 16.4. The molecule has 2 aromatic rings. The van der Waals surface area contributed by atoms with E-state index in [0.29, 0.717) is 5.56 Å². The number of benzene rings is 2. The molecule has 2 amide bonds. The summed E-state index contributed by atoms with van der Waals surface area (Å²) in [4.78, 5) is 23.2. The van der Waals surface area contributed by atoms with E-state index in [1.807, 2.05) is 49.4 Å². The summed E-state index contributed by atoms with van der Waals surface area (Å²) >= 11 is 0. The van der Waals surface area contributed by atoms with Crippen LogP contribution in [-0.2, 0) is 4.79 Å². The summed E-state index contributed by atoms with van der Waals surface area (Å²) in [6.07, 6.45) is 0. The Morgan fingerprint density at radius 3 is 2.38 bits per heavy atom. The van der Waals surface area contributed by atoms with E-state index in [9.17, 15) is 9.59 Å². The highest BCUT2D eigenvalue weighted by atomic mass is 16.2. The normalized spacial score (nSPS) is 11.5. The Labute approximate surface area is 124 Å². The molecule has 0 aliphatic carbocycles. The van der Waals surface area contributed by atoms with Gasteiger partial charge in [-0.05, 0) is 36.8 Å². The molecule has 0 saturated carbocycles. The van der Waals surface area contributed by atoms with Gasteiger partial charge < -0.3 is 10.6 Å². The van der Waals surface area contributed by atoms with Gasteiger partial charge in [0.25, 0.3) is 5.91 Å². The molecule has 2 N–H and O–H groups in total. The Balaban J connectivity index is 2.08. The van der Waals surface area contributed by atoms with Crippen LogP contribution in [0.5, 0.6) is 0 Å². The van der Waals surface area contributed by atoms with Crippen molar-refractivity contribution in [2.45, 2.75) is 19.9 Å². The second-order valence-corrected chi connectivity index (χ2v) is 4.87. The highest BCUT2D eigenvalue weighted by Crippen LogP contribution is 2.18. The number of amides is 2. The fraction of sp³-hybridized carbons (Fsp3) is 0.176. The third kappa shape index (κ3) is 4.18. The molecule has 0 aliphatic heterocycles. The van der Waals surface area contributed by atoms with Gasteiger partial charge in [0.2, 0.25) is 5.91 Å². The van der Waals surface area contributed by atoms with Crippen molar-refractivity contribution < 1.29 is 9.59 Å². The minimum atomic E-state index is -0.147. The highest BCUT2D eigenvalue weighted by molar-refractivity contribution is 5.94. The van der Waals surface area contributed by atoms with Crippen molar-refractivity contribution in [3.8, 4) is 0 Å². The van der Waals surface area contributed by atoms with Gasteiger partial charge in [-0.3, -0.25) is 9.59 Å². The zero-order chi connectivity index (χ0) is 15.2. The van der Waals surface area contributed by atoms with E-state index in [4.69, 9.17) is 0 Å². The maximum Gasteiger partial charge on any atom is 0.251 e. The fourth-order valence-electron chi connectivity index (χ4n) is 2.04. The zero-order valence-corrected chi connectivity index (χ0v) is 12.1. The largest absolute Gasteiger partial charge is 0.346 e. The molecule has 0 aliphatic rings. The van der Waals surface area contributed by atoms with Crippen molar-refractivity contribution in [1.29, 1.82) is 0 Å². The molecule has 0 radical (unpaired) electrons. The molecule has 21 heavy (non-hydrogen) atoms. The number of nitrogens with one attached hydrogen (secondary N) is 2. The van der Waals surface area contributed by atoms with Gasteiger partial charge in [0.1, 0.15) is 0 Å². The van der Waals surface area contributed by atoms with Gasteiger partial charge in [-0.25, -0.2) is 0 Å². The number of carbonyl (C=O) groups is 2. The van der Waals surface area contributed by atoms with Crippen LogP contribution in [0.1, 0.15) is 35.8 Å². The quantitative estimate of drug-likeness (QED) is 0.905. The van der Waals surface area contributed by atoms with Crippen LogP contribution in [-0.4, -0.2) is 11.8 Å². The summed E-state index contributed by atoms with van der Waals surface area (Å²) in [5, 5.41) is 5.67. The summed E-state index contributed by atoms with van der Waals surface area (Å²) in [5.41, 5.74) is 2.29. The molecule has 0 spiro atoms. The molecule has 0 saturated heterocycles. The number of hydrogen-bond acceptors (Lipinski definition) is 2. The first-order valence-electron chi connectivity index (χ1n) is 6.79. The molecule has 0 aromatic heterocycles. The molecular weight excluding hydrogens is 264 g/mol. The van der Waals surface area contributed by atoms with Crippen molar-refractivity contribution in [1.82, 2.24) is 5.32 Å². The third-order valence-corrected chi connectivity index (χ3v) is 3.09. The molecule has 0 fully saturated rings. The molecule has 0 bridgehead atoms. The van der Waals surface area contributed by atoms with E-state index < -0.39 is 0 Å². The highest BCUT2D eigenvalue weighted by Gasteiger charge is 2.11. The van der Waals surface area contributed by atoms with E-state index in [1.165, 1.54) is 6.92 Å². The summed E-state index contributed by atoms with van der Waals surface area (Å²) < 4.78 is 0. The predicted octanol–water partition coefficient (Wildman–Crippen LogP) is 3.14. The maximum absolute atomic E-state index is 12.1. The number of hydrogen-bond donors (Lipinski definition) is 2. The van der Waals surface area contributed by atoms with Crippen LogP contribution < -0.4 is 10.6 Å². The second kappa shape index (κ2) is 6.70. The number of rotatable bonds is 4. The van der Waals surface area contributed by atoms with Gasteiger partial charge in [0.05, 0.1) is 6.04 Å². The van der Waals surface area contributed by atoms with Gasteiger partial charge in [0.15, 0.2) is 0 Å². The van der Waals surface area contributed by atoms with Crippen molar-refractivity contribution in [2.75, 3.05) is 5.32 Å². The van der Waals surface area contributed by atoms with Gasteiger partial charge in [0, 0.05) is 18.2 Å². The van der Waals surface area contributed by atoms with Crippen LogP contribution in [0.3, 0.4) is 0 Å². The lowest BCUT2D eigenvalue weighted by Crippen LogP contribution is -2.26. The molecule has 1 unspecified atom stereocenters.